The minimum Gasteiger partial charge on any atom is -0.481 e. The Labute approximate surface area is 120 Å². The van der Waals surface area contributed by atoms with Crippen LogP contribution < -0.4 is 10.1 Å². The number of rotatable bonds is 4. The number of carbonyl (C=O) groups is 1. The molecule has 3 heterocycles. The Morgan fingerprint density at radius 3 is 2.95 bits per heavy atom. The Hall–Kier alpha value is -2.96. The molecule has 0 radical (unpaired) electrons. The SMILES string of the molecule is COc1ccc(C(=O)NCc2nnc3ccccn23)cn1. The van der Waals surface area contributed by atoms with Gasteiger partial charge in [-0.1, -0.05) is 6.07 Å². The highest BCUT2D eigenvalue weighted by Crippen LogP contribution is 2.07. The van der Waals surface area contributed by atoms with Crippen LogP contribution in [0.2, 0.25) is 0 Å². The average molecular weight is 283 g/mol. The maximum atomic E-state index is 12.0. The van der Waals surface area contributed by atoms with Crippen molar-refractivity contribution in [1.82, 2.24) is 24.9 Å². The number of pyridine rings is 2. The maximum Gasteiger partial charge on any atom is 0.253 e. The number of carbonyl (C=O) groups excluding carboxylic acids is 1. The fourth-order valence-electron chi connectivity index (χ4n) is 1.91. The lowest BCUT2D eigenvalue weighted by atomic mass is 10.2. The minimum absolute atomic E-state index is 0.224. The summed E-state index contributed by atoms with van der Waals surface area (Å²) in [6, 6.07) is 8.92. The Kier molecular flexibility index (Phi) is 3.46. The van der Waals surface area contributed by atoms with E-state index in [2.05, 4.69) is 20.5 Å². The first-order chi connectivity index (χ1) is 10.3. The van der Waals surface area contributed by atoms with Gasteiger partial charge in [0.25, 0.3) is 5.91 Å². The number of amides is 1. The molecule has 1 amide bonds. The van der Waals surface area contributed by atoms with Crippen LogP contribution in [0, 0.1) is 0 Å². The van der Waals surface area contributed by atoms with E-state index in [-0.39, 0.29) is 12.5 Å². The summed E-state index contributed by atoms with van der Waals surface area (Å²) in [5.41, 5.74) is 1.21. The topological polar surface area (TPSA) is 81.4 Å². The van der Waals surface area contributed by atoms with Crippen molar-refractivity contribution in [2.24, 2.45) is 0 Å². The van der Waals surface area contributed by atoms with Gasteiger partial charge in [-0.15, -0.1) is 10.2 Å². The normalized spacial score (nSPS) is 10.5. The largest absolute Gasteiger partial charge is 0.481 e. The van der Waals surface area contributed by atoms with Crippen LogP contribution in [-0.4, -0.2) is 32.6 Å². The zero-order valence-corrected chi connectivity index (χ0v) is 11.4. The lowest BCUT2D eigenvalue weighted by Crippen LogP contribution is -2.24. The molecule has 1 N–H and O–H groups in total. The molecule has 21 heavy (non-hydrogen) atoms. The summed E-state index contributed by atoms with van der Waals surface area (Å²) in [6.45, 7) is 0.288. The second-order valence-corrected chi connectivity index (χ2v) is 4.32. The summed E-state index contributed by atoms with van der Waals surface area (Å²) in [7, 11) is 1.53. The van der Waals surface area contributed by atoms with Crippen LogP contribution in [0.4, 0.5) is 0 Å². The van der Waals surface area contributed by atoms with Gasteiger partial charge in [-0.3, -0.25) is 9.20 Å². The number of hydrogen-bond acceptors (Lipinski definition) is 5. The Bertz CT molecular complexity index is 766. The van der Waals surface area contributed by atoms with Gasteiger partial charge in [0.2, 0.25) is 5.88 Å². The van der Waals surface area contributed by atoms with E-state index in [1.807, 2.05) is 28.8 Å². The molecule has 0 spiro atoms. The standard InChI is InChI=1S/C14H13N5O2/c1-21-13-6-5-10(8-15-13)14(20)16-9-12-18-17-11-4-2-3-7-19(11)12/h2-8H,9H2,1H3,(H,16,20). The third kappa shape index (κ3) is 2.66. The fourth-order valence-corrected chi connectivity index (χ4v) is 1.91. The van der Waals surface area contributed by atoms with E-state index in [1.165, 1.54) is 13.3 Å². The number of fused-ring (bicyclic) bond motifs is 1. The van der Waals surface area contributed by atoms with Gasteiger partial charge in [-0.2, -0.15) is 0 Å². The molecule has 0 saturated heterocycles. The molecule has 0 unspecified atom stereocenters. The molecule has 0 aliphatic rings. The van der Waals surface area contributed by atoms with Gasteiger partial charge in [0.05, 0.1) is 19.2 Å². The third-order valence-electron chi connectivity index (χ3n) is 3.00. The number of nitrogens with one attached hydrogen (secondary N) is 1. The molecular formula is C14H13N5O2. The fraction of sp³-hybridized carbons (Fsp3) is 0.143. The average Bonchev–Trinajstić information content (AvgIpc) is 2.96. The van der Waals surface area contributed by atoms with Crippen molar-refractivity contribution in [3.8, 4) is 5.88 Å². The van der Waals surface area contributed by atoms with Gasteiger partial charge >= 0.3 is 0 Å². The predicted octanol–water partition coefficient (Wildman–Crippen LogP) is 1.06. The maximum absolute atomic E-state index is 12.0. The lowest BCUT2D eigenvalue weighted by molar-refractivity contribution is 0.0949. The van der Waals surface area contributed by atoms with E-state index in [9.17, 15) is 4.79 Å². The van der Waals surface area contributed by atoms with Crippen LogP contribution in [0.1, 0.15) is 16.2 Å². The number of nitrogens with zero attached hydrogens (tertiary/aromatic N) is 4. The number of methoxy groups -OCH3 is 1. The van der Waals surface area contributed by atoms with Crippen LogP contribution in [0.3, 0.4) is 0 Å². The third-order valence-corrected chi connectivity index (χ3v) is 3.00. The first-order valence-electron chi connectivity index (χ1n) is 6.35. The molecule has 106 valence electrons. The van der Waals surface area contributed by atoms with Crippen LogP contribution in [0.5, 0.6) is 5.88 Å². The molecular weight excluding hydrogens is 270 g/mol. The van der Waals surface area contributed by atoms with Gasteiger partial charge in [-0.25, -0.2) is 4.98 Å². The van der Waals surface area contributed by atoms with Gasteiger partial charge in [0.15, 0.2) is 11.5 Å². The molecule has 0 fully saturated rings. The molecule has 3 aromatic heterocycles. The van der Waals surface area contributed by atoms with Crippen molar-refractivity contribution in [3.05, 3.63) is 54.1 Å². The monoisotopic (exact) mass is 283 g/mol. The van der Waals surface area contributed by atoms with Gasteiger partial charge in [0, 0.05) is 18.5 Å². The predicted molar refractivity (Wildman–Crippen MR) is 74.9 cm³/mol. The van der Waals surface area contributed by atoms with E-state index in [0.717, 1.165) is 5.65 Å². The van der Waals surface area contributed by atoms with Crippen LogP contribution >= 0.6 is 0 Å². The first kappa shape index (κ1) is 13.0. The lowest BCUT2D eigenvalue weighted by Gasteiger charge is -2.04. The van der Waals surface area contributed by atoms with Crippen molar-refractivity contribution in [2.45, 2.75) is 6.54 Å². The summed E-state index contributed by atoms with van der Waals surface area (Å²) >= 11 is 0. The molecule has 0 aliphatic carbocycles. The van der Waals surface area contributed by atoms with Crippen molar-refractivity contribution in [3.63, 3.8) is 0 Å². The van der Waals surface area contributed by atoms with E-state index in [1.54, 1.807) is 12.1 Å². The van der Waals surface area contributed by atoms with E-state index in [4.69, 9.17) is 4.74 Å². The molecule has 0 atom stereocenters. The Morgan fingerprint density at radius 2 is 2.19 bits per heavy atom. The van der Waals surface area contributed by atoms with Crippen LogP contribution in [0.25, 0.3) is 5.65 Å². The van der Waals surface area contributed by atoms with Crippen molar-refractivity contribution < 1.29 is 9.53 Å². The minimum atomic E-state index is -0.224. The quantitative estimate of drug-likeness (QED) is 0.774. The van der Waals surface area contributed by atoms with Crippen molar-refractivity contribution in [2.75, 3.05) is 7.11 Å². The summed E-state index contributed by atoms with van der Waals surface area (Å²) in [6.07, 6.45) is 3.32. The summed E-state index contributed by atoms with van der Waals surface area (Å²) in [4.78, 5) is 16.0. The second kappa shape index (κ2) is 5.58. The number of hydrogen-bond donors (Lipinski definition) is 1. The second-order valence-electron chi connectivity index (χ2n) is 4.32. The van der Waals surface area contributed by atoms with E-state index >= 15 is 0 Å². The Balaban J connectivity index is 1.70. The number of ether oxygens (including phenoxy) is 1. The zero-order valence-electron chi connectivity index (χ0n) is 11.4. The van der Waals surface area contributed by atoms with Crippen LogP contribution in [-0.2, 0) is 6.54 Å². The van der Waals surface area contributed by atoms with Gasteiger partial charge in [0.1, 0.15) is 0 Å². The van der Waals surface area contributed by atoms with Crippen molar-refractivity contribution >= 4 is 11.6 Å². The molecule has 3 aromatic rings. The highest BCUT2D eigenvalue weighted by Gasteiger charge is 2.09. The smallest absolute Gasteiger partial charge is 0.253 e. The Morgan fingerprint density at radius 1 is 1.29 bits per heavy atom. The molecule has 0 aromatic carbocycles. The summed E-state index contributed by atoms with van der Waals surface area (Å²) < 4.78 is 6.78. The molecule has 0 aliphatic heterocycles. The molecule has 0 bridgehead atoms. The molecule has 0 saturated carbocycles. The highest BCUT2D eigenvalue weighted by atomic mass is 16.5. The van der Waals surface area contributed by atoms with Gasteiger partial charge < -0.3 is 10.1 Å². The van der Waals surface area contributed by atoms with Gasteiger partial charge in [-0.05, 0) is 18.2 Å². The van der Waals surface area contributed by atoms with E-state index in [0.29, 0.717) is 17.3 Å². The molecule has 3 rings (SSSR count). The zero-order chi connectivity index (χ0) is 14.7. The molecule has 7 heteroatoms. The summed E-state index contributed by atoms with van der Waals surface area (Å²) in [5.74, 6) is 0.910. The first-order valence-corrected chi connectivity index (χ1v) is 6.35. The van der Waals surface area contributed by atoms with E-state index < -0.39 is 0 Å². The molecule has 7 nitrogen and oxygen atoms in total. The summed E-state index contributed by atoms with van der Waals surface area (Å²) in [5, 5.41) is 10.9. The number of aromatic nitrogens is 4. The van der Waals surface area contributed by atoms with Crippen molar-refractivity contribution in [1.29, 1.82) is 0 Å². The highest BCUT2D eigenvalue weighted by molar-refractivity contribution is 5.93. The van der Waals surface area contributed by atoms with Crippen LogP contribution in [0.15, 0.2) is 42.7 Å².